The van der Waals surface area contributed by atoms with E-state index >= 15 is 0 Å². The van der Waals surface area contributed by atoms with Crippen LogP contribution in [-0.2, 0) is 0 Å². The number of carbonyl (C=O) groups excluding carboxylic acids is 2. The van der Waals surface area contributed by atoms with E-state index in [1.165, 1.54) is 43.3 Å². The molecule has 4 heteroatoms. The number of hydrogen-bond acceptors (Lipinski definition) is 2. The lowest BCUT2D eigenvalue weighted by Crippen LogP contribution is -2.10. The Morgan fingerprint density at radius 3 is 2.32 bits per heavy atom. The molecule has 0 atom stereocenters. The highest BCUT2D eigenvalue weighted by Crippen LogP contribution is 2.21. The lowest BCUT2D eigenvalue weighted by molar-refractivity contribution is 0.0989. The Bertz CT molecular complexity index is 665. The second-order valence-electron chi connectivity index (χ2n) is 4.06. The minimum absolute atomic E-state index is 0.0766. The van der Waals surface area contributed by atoms with Gasteiger partial charge in [0.15, 0.2) is 11.6 Å². The molecule has 0 spiro atoms. The molecule has 0 saturated carbocycles. The van der Waals surface area contributed by atoms with Gasteiger partial charge in [0.2, 0.25) is 0 Å². The Morgan fingerprint density at radius 2 is 1.68 bits per heavy atom. The van der Waals surface area contributed by atoms with Crippen molar-refractivity contribution in [2.75, 3.05) is 0 Å². The summed E-state index contributed by atoms with van der Waals surface area (Å²) in [6.45, 7) is 1.35. The van der Waals surface area contributed by atoms with Gasteiger partial charge in [-0.05, 0) is 37.3 Å². The van der Waals surface area contributed by atoms with Crippen LogP contribution in [0.15, 0.2) is 42.5 Å². The van der Waals surface area contributed by atoms with Gasteiger partial charge in [-0.2, -0.15) is 0 Å². The van der Waals surface area contributed by atoms with Crippen molar-refractivity contribution in [3.63, 3.8) is 0 Å². The molecule has 96 valence electrons. The van der Waals surface area contributed by atoms with E-state index in [9.17, 15) is 14.0 Å². The molecule has 0 heterocycles. The number of halogens is 2. The highest BCUT2D eigenvalue weighted by molar-refractivity contribution is 6.31. The van der Waals surface area contributed by atoms with E-state index in [0.29, 0.717) is 5.02 Å². The van der Waals surface area contributed by atoms with E-state index < -0.39 is 11.6 Å². The molecule has 0 fully saturated rings. The second kappa shape index (κ2) is 5.33. The van der Waals surface area contributed by atoms with Crippen LogP contribution in [0.25, 0.3) is 0 Å². The summed E-state index contributed by atoms with van der Waals surface area (Å²) in [6, 6.07) is 10.0. The summed E-state index contributed by atoms with van der Waals surface area (Å²) in [5.74, 6) is -1.44. The number of carbonyl (C=O) groups is 2. The van der Waals surface area contributed by atoms with Gasteiger partial charge < -0.3 is 0 Å². The van der Waals surface area contributed by atoms with E-state index in [2.05, 4.69) is 0 Å². The third-order valence-electron chi connectivity index (χ3n) is 2.72. The van der Waals surface area contributed by atoms with E-state index in [-0.39, 0.29) is 22.5 Å². The van der Waals surface area contributed by atoms with Crippen LogP contribution in [0.5, 0.6) is 0 Å². The first-order valence-corrected chi connectivity index (χ1v) is 5.98. The van der Waals surface area contributed by atoms with Crippen LogP contribution in [0.1, 0.15) is 33.2 Å². The Morgan fingerprint density at radius 1 is 1.00 bits per heavy atom. The van der Waals surface area contributed by atoms with Crippen molar-refractivity contribution in [1.29, 1.82) is 0 Å². The van der Waals surface area contributed by atoms with Gasteiger partial charge in [-0.1, -0.05) is 23.7 Å². The van der Waals surface area contributed by atoms with E-state index in [0.717, 1.165) is 0 Å². The van der Waals surface area contributed by atoms with Crippen molar-refractivity contribution in [3.05, 3.63) is 70.0 Å². The predicted molar refractivity (Wildman–Crippen MR) is 71.3 cm³/mol. The molecule has 0 aliphatic rings. The summed E-state index contributed by atoms with van der Waals surface area (Å²) < 4.78 is 13.6. The fourth-order valence-electron chi connectivity index (χ4n) is 1.80. The Balaban J connectivity index is 2.59. The third-order valence-corrected chi connectivity index (χ3v) is 2.96. The van der Waals surface area contributed by atoms with Crippen LogP contribution in [-0.4, -0.2) is 11.6 Å². The summed E-state index contributed by atoms with van der Waals surface area (Å²) in [6.07, 6.45) is 0. The zero-order valence-corrected chi connectivity index (χ0v) is 10.9. The van der Waals surface area contributed by atoms with Gasteiger partial charge in [-0.25, -0.2) is 4.39 Å². The fraction of sp³-hybridized carbons (Fsp3) is 0.0667. The van der Waals surface area contributed by atoms with Crippen molar-refractivity contribution >= 4 is 23.2 Å². The summed E-state index contributed by atoms with van der Waals surface area (Å²) in [5.41, 5.74) is 0.273. The summed E-state index contributed by atoms with van der Waals surface area (Å²) >= 11 is 5.84. The number of Topliss-reactive ketones (excluding diaryl/α,β-unsaturated/α-hetero) is 1. The van der Waals surface area contributed by atoms with Crippen LogP contribution < -0.4 is 0 Å². The van der Waals surface area contributed by atoms with Gasteiger partial charge in [0.05, 0.1) is 5.56 Å². The maximum Gasteiger partial charge on any atom is 0.196 e. The standard InChI is InChI=1S/C15H10ClFO2/c1-9(18)11-7-6-10(16)8-13(11)15(19)12-4-2-3-5-14(12)17/h2-8H,1H3. The van der Waals surface area contributed by atoms with Crippen LogP contribution >= 0.6 is 11.6 Å². The van der Waals surface area contributed by atoms with E-state index in [1.807, 2.05) is 0 Å². The molecule has 0 aliphatic heterocycles. The molecule has 0 N–H and O–H groups in total. The van der Waals surface area contributed by atoms with Crippen LogP contribution in [0.2, 0.25) is 5.02 Å². The lowest BCUT2D eigenvalue weighted by Gasteiger charge is -2.07. The number of benzene rings is 2. The first kappa shape index (κ1) is 13.4. The van der Waals surface area contributed by atoms with Crippen molar-refractivity contribution in [2.45, 2.75) is 6.92 Å². The molecule has 2 aromatic rings. The van der Waals surface area contributed by atoms with Gasteiger partial charge in [-0.3, -0.25) is 9.59 Å². The monoisotopic (exact) mass is 276 g/mol. The zero-order chi connectivity index (χ0) is 14.0. The molecular formula is C15H10ClFO2. The smallest absolute Gasteiger partial charge is 0.196 e. The van der Waals surface area contributed by atoms with Crippen molar-refractivity contribution in [3.8, 4) is 0 Å². The second-order valence-corrected chi connectivity index (χ2v) is 4.49. The Kier molecular flexibility index (Phi) is 3.76. The van der Waals surface area contributed by atoms with Gasteiger partial charge in [-0.15, -0.1) is 0 Å². The van der Waals surface area contributed by atoms with Crippen molar-refractivity contribution < 1.29 is 14.0 Å². The van der Waals surface area contributed by atoms with E-state index in [4.69, 9.17) is 11.6 Å². The topological polar surface area (TPSA) is 34.1 Å². The quantitative estimate of drug-likeness (QED) is 0.797. The van der Waals surface area contributed by atoms with Crippen molar-refractivity contribution in [1.82, 2.24) is 0 Å². The summed E-state index contributed by atoms with van der Waals surface area (Å²) in [7, 11) is 0. The molecule has 0 aromatic heterocycles. The van der Waals surface area contributed by atoms with Crippen LogP contribution in [0, 0.1) is 5.82 Å². The van der Waals surface area contributed by atoms with Crippen LogP contribution in [0.4, 0.5) is 4.39 Å². The molecule has 0 aliphatic carbocycles. The zero-order valence-electron chi connectivity index (χ0n) is 10.1. The predicted octanol–water partition coefficient (Wildman–Crippen LogP) is 3.91. The molecule has 0 bridgehead atoms. The normalized spacial score (nSPS) is 10.3. The number of rotatable bonds is 3. The first-order valence-electron chi connectivity index (χ1n) is 5.60. The molecule has 2 rings (SSSR count). The molecule has 0 unspecified atom stereocenters. The van der Waals surface area contributed by atoms with Gasteiger partial charge >= 0.3 is 0 Å². The average molecular weight is 277 g/mol. The molecule has 0 saturated heterocycles. The first-order chi connectivity index (χ1) is 9.00. The summed E-state index contributed by atoms with van der Waals surface area (Å²) in [5, 5.41) is 0.324. The van der Waals surface area contributed by atoms with Gasteiger partial charge in [0.1, 0.15) is 5.82 Å². The summed E-state index contributed by atoms with van der Waals surface area (Å²) in [4.78, 5) is 23.8. The Labute approximate surface area is 114 Å². The number of hydrogen-bond donors (Lipinski definition) is 0. The highest BCUT2D eigenvalue weighted by Gasteiger charge is 2.19. The molecule has 2 nitrogen and oxygen atoms in total. The maximum atomic E-state index is 13.6. The fourth-order valence-corrected chi connectivity index (χ4v) is 1.97. The van der Waals surface area contributed by atoms with Gasteiger partial charge in [0, 0.05) is 16.1 Å². The third kappa shape index (κ3) is 2.71. The molecule has 0 radical (unpaired) electrons. The lowest BCUT2D eigenvalue weighted by atomic mass is 9.96. The molecule has 2 aromatic carbocycles. The Hall–Kier alpha value is -2.00. The maximum absolute atomic E-state index is 13.6. The van der Waals surface area contributed by atoms with E-state index in [1.54, 1.807) is 6.07 Å². The SMILES string of the molecule is CC(=O)c1ccc(Cl)cc1C(=O)c1ccccc1F. The minimum atomic E-state index is -0.623. The minimum Gasteiger partial charge on any atom is -0.294 e. The van der Waals surface area contributed by atoms with Crippen molar-refractivity contribution in [2.24, 2.45) is 0 Å². The highest BCUT2D eigenvalue weighted by atomic mass is 35.5. The van der Waals surface area contributed by atoms with Crippen LogP contribution in [0.3, 0.4) is 0 Å². The van der Waals surface area contributed by atoms with Gasteiger partial charge in [0.25, 0.3) is 0 Å². The molecular weight excluding hydrogens is 267 g/mol. The molecule has 0 amide bonds. The largest absolute Gasteiger partial charge is 0.294 e. The molecule has 19 heavy (non-hydrogen) atoms. The number of ketones is 2. The average Bonchev–Trinajstić information content (AvgIpc) is 2.38.